The Hall–Kier alpha value is -4.04. The average molecular weight is 483 g/mol. The van der Waals surface area contributed by atoms with Gasteiger partial charge in [-0.05, 0) is 40.1 Å². The molecule has 176 valence electrons. The van der Waals surface area contributed by atoms with Crippen LogP contribution in [-0.2, 0) is 12.0 Å². The molecule has 0 radical (unpaired) electrons. The minimum atomic E-state index is -0.311. The lowest BCUT2D eigenvalue weighted by Crippen LogP contribution is -2.23. The fourth-order valence-electron chi connectivity index (χ4n) is 3.85. The number of para-hydroxylation sites is 2. The Morgan fingerprint density at radius 1 is 1.06 bits per heavy atom. The van der Waals surface area contributed by atoms with Gasteiger partial charge in [0.05, 0.1) is 23.8 Å². The topological polar surface area (TPSA) is 98.2 Å². The van der Waals surface area contributed by atoms with Crippen LogP contribution in [0.4, 0.5) is 5.82 Å². The van der Waals surface area contributed by atoms with Crippen molar-refractivity contribution in [1.82, 2.24) is 20.0 Å². The first-order valence-electron chi connectivity index (χ1n) is 11.3. The van der Waals surface area contributed by atoms with Gasteiger partial charge in [0.1, 0.15) is 16.9 Å². The number of anilines is 1. The molecule has 0 aliphatic rings. The van der Waals surface area contributed by atoms with E-state index in [4.69, 9.17) is 15.7 Å². The van der Waals surface area contributed by atoms with Crippen molar-refractivity contribution in [3.63, 3.8) is 0 Å². The highest BCUT2D eigenvalue weighted by Crippen LogP contribution is 2.28. The molecule has 0 unspecified atom stereocenters. The molecule has 8 heteroatoms. The highest BCUT2D eigenvalue weighted by Gasteiger charge is 2.24. The Morgan fingerprint density at radius 3 is 2.43 bits per heavy atom. The van der Waals surface area contributed by atoms with E-state index < -0.39 is 0 Å². The van der Waals surface area contributed by atoms with Crippen LogP contribution in [0, 0.1) is 0 Å². The molecule has 35 heavy (non-hydrogen) atoms. The first kappa shape index (κ1) is 22.7. The largest absolute Gasteiger partial charge is 0.383 e. The molecule has 2 aromatic carbocycles. The maximum Gasteiger partial charge on any atom is 0.257 e. The molecule has 0 spiro atoms. The molecule has 0 aliphatic heterocycles. The van der Waals surface area contributed by atoms with E-state index in [0.29, 0.717) is 28.7 Å². The molecule has 3 aromatic heterocycles. The molecule has 5 aromatic rings. The monoisotopic (exact) mass is 482 g/mol. The number of rotatable bonds is 5. The molecule has 0 bridgehead atoms. The van der Waals surface area contributed by atoms with E-state index in [-0.39, 0.29) is 22.7 Å². The Labute approximate surface area is 207 Å². The number of nitrogens with two attached hydrogens (primary N) is 1. The third-order valence-corrected chi connectivity index (χ3v) is 6.68. The van der Waals surface area contributed by atoms with E-state index in [1.165, 1.54) is 10.2 Å². The van der Waals surface area contributed by atoms with Crippen LogP contribution >= 0.6 is 11.3 Å². The molecule has 3 heterocycles. The predicted octanol–water partition coefficient (Wildman–Crippen LogP) is 5.34. The average Bonchev–Trinajstić information content (AvgIpc) is 3.45. The van der Waals surface area contributed by atoms with Crippen molar-refractivity contribution in [3.05, 3.63) is 87.6 Å². The zero-order valence-electron chi connectivity index (χ0n) is 19.8. The maximum absolute atomic E-state index is 13.2. The van der Waals surface area contributed by atoms with Gasteiger partial charge >= 0.3 is 0 Å². The molecule has 3 N–H and O–H groups in total. The van der Waals surface area contributed by atoms with Crippen LogP contribution in [0.5, 0.6) is 0 Å². The molecular formula is C27H26N6OS. The number of nitrogens with one attached hydrogen (secondary N) is 1. The van der Waals surface area contributed by atoms with Crippen molar-refractivity contribution >= 4 is 51.5 Å². The van der Waals surface area contributed by atoms with Crippen LogP contribution in [0.15, 0.2) is 71.1 Å². The molecule has 0 fully saturated rings. The van der Waals surface area contributed by atoms with Crippen LogP contribution < -0.4 is 11.1 Å². The number of thiophene rings is 1. The number of hydrogen-bond donors (Lipinski definition) is 2. The minimum absolute atomic E-state index is 0.0682. The number of carbonyl (C=O) groups excluding carboxylic acids is 1. The standard InChI is InChI=1S/C27H26N6OS/c1-27(2,3)18-12-10-17(11-13-18)15-30-33-24(28)22(26(34)29-16-19-7-6-14-35-19)23-25(33)32-21-9-5-4-8-20(21)31-23/h4-15H,16,28H2,1-3H3,(H,29,34)/b30-15+. The van der Waals surface area contributed by atoms with Gasteiger partial charge in [-0.3, -0.25) is 4.79 Å². The van der Waals surface area contributed by atoms with Crippen molar-refractivity contribution in [2.24, 2.45) is 5.10 Å². The summed E-state index contributed by atoms with van der Waals surface area (Å²) in [6, 6.07) is 19.7. The van der Waals surface area contributed by atoms with Crippen LogP contribution in [0.3, 0.4) is 0 Å². The van der Waals surface area contributed by atoms with Gasteiger partial charge in [0.2, 0.25) is 0 Å². The van der Waals surface area contributed by atoms with Gasteiger partial charge in [-0.15, -0.1) is 11.3 Å². The quantitative estimate of drug-likeness (QED) is 0.331. The van der Waals surface area contributed by atoms with Gasteiger partial charge in [-0.1, -0.05) is 63.2 Å². The number of carbonyl (C=O) groups is 1. The first-order chi connectivity index (χ1) is 16.8. The van der Waals surface area contributed by atoms with E-state index in [0.717, 1.165) is 10.4 Å². The molecule has 0 saturated heterocycles. The first-order valence-corrected chi connectivity index (χ1v) is 12.2. The van der Waals surface area contributed by atoms with Crippen LogP contribution in [-0.4, -0.2) is 26.8 Å². The second-order valence-corrected chi connectivity index (χ2v) is 10.4. The van der Waals surface area contributed by atoms with Gasteiger partial charge in [0.15, 0.2) is 5.65 Å². The molecule has 5 rings (SSSR count). The third kappa shape index (κ3) is 4.52. The summed E-state index contributed by atoms with van der Waals surface area (Å²) in [5.41, 5.74) is 11.2. The van der Waals surface area contributed by atoms with Crippen molar-refractivity contribution in [3.8, 4) is 0 Å². The number of nitrogen functional groups attached to an aromatic ring is 1. The molecule has 0 aliphatic carbocycles. The zero-order valence-corrected chi connectivity index (χ0v) is 20.6. The summed E-state index contributed by atoms with van der Waals surface area (Å²) in [6.07, 6.45) is 1.71. The second-order valence-electron chi connectivity index (χ2n) is 9.34. The summed E-state index contributed by atoms with van der Waals surface area (Å²) < 4.78 is 1.49. The number of nitrogens with zero attached hydrogens (tertiary/aromatic N) is 4. The Kier molecular flexibility index (Phi) is 5.82. The number of hydrogen-bond acceptors (Lipinski definition) is 6. The maximum atomic E-state index is 13.2. The lowest BCUT2D eigenvalue weighted by atomic mass is 9.87. The lowest BCUT2D eigenvalue weighted by Gasteiger charge is -2.18. The van der Waals surface area contributed by atoms with E-state index in [1.54, 1.807) is 17.6 Å². The van der Waals surface area contributed by atoms with Crippen LogP contribution in [0.1, 0.15) is 47.1 Å². The third-order valence-electron chi connectivity index (χ3n) is 5.80. The van der Waals surface area contributed by atoms with Crippen molar-refractivity contribution in [1.29, 1.82) is 0 Å². The molecule has 7 nitrogen and oxygen atoms in total. The van der Waals surface area contributed by atoms with Crippen LogP contribution in [0.2, 0.25) is 0 Å². The highest BCUT2D eigenvalue weighted by atomic mass is 32.1. The summed E-state index contributed by atoms with van der Waals surface area (Å²) in [5, 5.41) is 9.52. The van der Waals surface area contributed by atoms with Gasteiger partial charge in [-0.25, -0.2) is 9.97 Å². The van der Waals surface area contributed by atoms with Gasteiger partial charge in [0, 0.05) is 4.88 Å². The van der Waals surface area contributed by atoms with Gasteiger partial charge < -0.3 is 11.1 Å². The van der Waals surface area contributed by atoms with Gasteiger partial charge in [-0.2, -0.15) is 9.78 Å². The fraction of sp³-hybridized carbons (Fsp3) is 0.185. The molecule has 0 saturated carbocycles. The minimum Gasteiger partial charge on any atom is -0.383 e. The van der Waals surface area contributed by atoms with Crippen LogP contribution in [0.25, 0.3) is 22.2 Å². The summed E-state index contributed by atoms with van der Waals surface area (Å²) in [5.74, 6) is -0.115. The summed E-state index contributed by atoms with van der Waals surface area (Å²) in [7, 11) is 0. The molecule has 1 amide bonds. The Bertz CT molecular complexity index is 1540. The summed E-state index contributed by atoms with van der Waals surface area (Å²) >= 11 is 1.58. The number of benzene rings is 2. The number of amides is 1. The lowest BCUT2D eigenvalue weighted by molar-refractivity contribution is 0.0953. The van der Waals surface area contributed by atoms with E-state index in [1.807, 2.05) is 53.9 Å². The Balaban J connectivity index is 1.57. The number of aromatic nitrogens is 3. The predicted molar refractivity (Wildman–Crippen MR) is 143 cm³/mol. The van der Waals surface area contributed by atoms with Crippen molar-refractivity contribution in [2.75, 3.05) is 5.73 Å². The molecular weight excluding hydrogens is 456 g/mol. The van der Waals surface area contributed by atoms with E-state index in [9.17, 15) is 4.79 Å². The van der Waals surface area contributed by atoms with Crippen molar-refractivity contribution in [2.45, 2.75) is 32.7 Å². The fourth-order valence-corrected chi connectivity index (χ4v) is 4.50. The second kappa shape index (κ2) is 8.96. The van der Waals surface area contributed by atoms with E-state index >= 15 is 0 Å². The smallest absolute Gasteiger partial charge is 0.257 e. The van der Waals surface area contributed by atoms with E-state index in [2.05, 4.69) is 43.3 Å². The summed E-state index contributed by atoms with van der Waals surface area (Å²) in [6.45, 7) is 6.94. The highest BCUT2D eigenvalue weighted by molar-refractivity contribution is 7.09. The Morgan fingerprint density at radius 2 is 1.77 bits per heavy atom. The molecule has 0 atom stereocenters. The van der Waals surface area contributed by atoms with Gasteiger partial charge in [0.25, 0.3) is 5.91 Å². The SMILES string of the molecule is CC(C)(C)c1ccc(/C=N/n2c(N)c(C(=O)NCc3cccs3)c3nc4ccccc4nc32)cc1. The number of fused-ring (bicyclic) bond motifs is 2. The normalized spacial score (nSPS) is 12.1. The van der Waals surface area contributed by atoms with Crippen molar-refractivity contribution < 1.29 is 4.79 Å². The zero-order chi connectivity index (χ0) is 24.6. The summed E-state index contributed by atoms with van der Waals surface area (Å²) in [4.78, 5) is 23.7.